The lowest BCUT2D eigenvalue weighted by molar-refractivity contribution is 0.126. The lowest BCUT2D eigenvalue weighted by Crippen LogP contribution is -2.00. The van der Waals surface area contributed by atoms with Gasteiger partial charge in [-0.15, -0.1) is 0 Å². The molecule has 0 atom stereocenters. The SMILES string of the molecule is CCOCc1nc(O)cn1C. The van der Waals surface area contributed by atoms with E-state index in [0.29, 0.717) is 13.2 Å². The molecule has 0 saturated carbocycles. The van der Waals surface area contributed by atoms with Crippen LogP contribution in [0, 0.1) is 0 Å². The molecule has 1 rings (SSSR count). The largest absolute Gasteiger partial charge is 0.492 e. The van der Waals surface area contributed by atoms with Crippen LogP contribution < -0.4 is 0 Å². The zero-order valence-electron chi connectivity index (χ0n) is 6.74. The van der Waals surface area contributed by atoms with Gasteiger partial charge < -0.3 is 14.4 Å². The van der Waals surface area contributed by atoms with Crippen LogP contribution in [0.3, 0.4) is 0 Å². The predicted molar refractivity (Wildman–Crippen MR) is 40.2 cm³/mol. The molecule has 0 radical (unpaired) electrons. The maximum Gasteiger partial charge on any atom is 0.229 e. The van der Waals surface area contributed by atoms with Crippen molar-refractivity contribution in [2.75, 3.05) is 6.61 Å². The highest BCUT2D eigenvalue weighted by molar-refractivity contribution is 5.06. The van der Waals surface area contributed by atoms with Crippen molar-refractivity contribution in [1.82, 2.24) is 9.55 Å². The third kappa shape index (κ3) is 1.94. The van der Waals surface area contributed by atoms with Gasteiger partial charge in [0, 0.05) is 13.7 Å². The highest BCUT2D eigenvalue weighted by Crippen LogP contribution is 2.07. The molecule has 1 aromatic heterocycles. The van der Waals surface area contributed by atoms with E-state index in [9.17, 15) is 0 Å². The minimum Gasteiger partial charge on any atom is -0.492 e. The number of hydrogen-bond acceptors (Lipinski definition) is 3. The van der Waals surface area contributed by atoms with Crippen molar-refractivity contribution in [1.29, 1.82) is 0 Å². The van der Waals surface area contributed by atoms with Crippen molar-refractivity contribution < 1.29 is 9.84 Å². The van der Waals surface area contributed by atoms with Gasteiger partial charge in [-0.2, -0.15) is 4.98 Å². The fourth-order valence-electron chi connectivity index (χ4n) is 0.815. The summed E-state index contributed by atoms with van der Waals surface area (Å²) in [4.78, 5) is 3.84. The van der Waals surface area contributed by atoms with E-state index in [2.05, 4.69) is 4.98 Å². The van der Waals surface area contributed by atoms with Crippen LogP contribution >= 0.6 is 0 Å². The molecule has 0 unspecified atom stereocenters. The molecule has 4 nitrogen and oxygen atoms in total. The quantitative estimate of drug-likeness (QED) is 0.699. The molecule has 1 N–H and O–H groups in total. The summed E-state index contributed by atoms with van der Waals surface area (Å²) in [5, 5.41) is 8.95. The molecule has 4 heteroatoms. The van der Waals surface area contributed by atoms with E-state index in [1.54, 1.807) is 10.8 Å². The zero-order chi connectivity index (χ0) is 8.27. The second-order valence-corrected chi connectivity index (χ2v) is 2.26. The number of hydrogen-bond donors (Lipinski definition) is 1. The molecule has 0 bridgehead atoms. The Bertz CT molecular complexity index is 232. The molecular formula is C7H12N2O2. The fourth-order valence-corrected chi connectivity index (χ4v) is 0.815. The van der Waals surface area contributed by atoms with Crippen molar-refractivity contribution >= 4 is 0 Å². The molecule has 0 aliphatic rings. The van der Waals surface area contributed by atoms with E-state index in [0.717, 1.165) is 5.82 Å². The van der Waals surface area contributed by atoms with Crippen LogP contribution in [0.1, 0.15) is 12.7 Å². The number of aromatic hydroxyl groups is 1. The van der Waals surface area contributed by atoms with Gasteiger partial charge in [-0.05, 0) is 6.92 Å². The molecule has 0 aliphatic carbocycles. The summed E-state index contributed by atoms with van der Waals surface area (Å²) >= 11 is 0. The number of aromatic nitrogens is 2. The van der Waals surface area contributed by atoms with Crippen molar-refractivity contribution in [3.8, 4) is 5.88 Å². The number of ether oxygens (including phenoxy) is 1. The standard InChI is InChI=1S/C7H12N2O2/c1-3-11-5-6-8-7(10)4-9(6)2/h4,10H,3,5H2,1-2H3. The molecule has 0 aliphatic heterocycles. The first-order valence-electron chi connectivity index (χ1n) is 3.53. The Kier molecular flexibility index (Phi) is 2.48. The maximum absolute atomic E-state index is 8.95. The van der Waals surface area contributed by atoms with E-state index < -0.39 is 0 Å². The fraction of sp³-hybridized carbons (Fsp3) is 0.571. The summed E-state index contributed by atoms with van der Waals surface area (Å²) in [7, 11) is 1.82. The van der Waals surface area contributed by atoms with Crippen molar-refractivity contribution in [3.63, 3.8) is 0 Å². The van der Waals surface area contributed by atoms with E-state index in [1.807, 2.05) is 14.0 Å². The highest BCUT2D eigenvalue weighted by Gasteiger charge is 2.02. The third-order valence-corrected chi connectivity index (χ3v) is 1.40. The molecule has 0 spiro atoms. The number of rotatable bonds is 3. The van der Waals surface area contributed by atoms with Gasteiger partial charge in [-0.3, -0.25) is 0 Å². The lowest BCUT2D eigenvalue weighted by atomic mass is 10.6. The van der Waals surface area contributed by atoms with Gasteiger partial charge in [-0.25, -0.2) is 0 Å². The van der Waals surface area contributed by atoms with Gasteiger partial charge in [-0.1, -0.05) is 0 Å². The highest BCUT2D eigenvalue weighted by atomic mass is 16.5. The Morgan fingerprint density at radius 3 is 2.91 bits per heavy atom. The summed E-state index contributed by atoms with van der Waals surface area (Å²) in [5.74, 6) is 0.784. The lowest BCUT2D eigenvalue weighted by Gasteiger charge is -1.99. The molecule has 62 valence electrons. The van der Waals surface area contributed by atoms with Crippen LogP contribution in [0.15, 0.2) is 6.20 Å². The molecule has 1 aromatic rings. The van der Waals surface area contributed by atoms with Crippen LogP contribution in [0.25, 0.3) is 0 Å². The summed E-state index contributed by atoms with van der Waals surface area (Å²) in [5.41, 5.74) is 0. The summed E-state index contributed by atoms with van der Waals surface area (Å²) < 4.78 is 6.86. The Balaban J connectivity index is 2.62. The van der Waals surface area contributed by atoms with E-state index >= 15 is 0 Å². The third-order valence-electron chi connectivity index (χ3n) is 1.40. The van der Waals surface area contributed by atoms with Gasteiger partial charge >= 0.3 is 0 Å². The monoisotopic (exact) mass is 156 g/mol. The van der Waals surface area contributed by atoms with Gasteiger partial charge in [0.15, 0.2) is 0 Å². The van der Waals surface area contributed by atoms with E-state index in [-0.39, 0.29) is 5.88 Å². The van der Waals surface area contributed by atoms with Crippen LogP contribution in [-0.2, 0) is 18.4 Å². The summed E-state index contributed by atoms with van der Waals surface area (Å²) in [6.45, 7) is 3.03. The predicted octanol–water partition coefficient (Wildman–Crippen LogP) is 0.662. The Hall–Kier alpha value is -1.03. The summed E-state index contributed by atoms with van der Waals surface area (Å²) in [6.07, 6.45) is 1.55. The normalized spacial score (nSPS) is 10.4. The molecule has 0 fully saturated rings. The summed E-state index contributed by atoms with van der Waals surface area (Å²) in [6, 6.07) is 0. The topological polar surface area (TPSA) is 47.3 Å². The van der Waals surface area contributed by atoms with Gasteiger partial charge in [0.05, 0.1) is 6.20 Å². The smallest absolute Gasteiger partial charge is 0.229 e. The van der Waals surface area contributed by atoms with Crippen molar-refractivity contribution in [3.05, 3.63) is 12.0 Å². The first-order chi connectivity index (χ1) is 5.24. The molecular weight excluding hydrogens is 144 g/mol. The Labute approximate surface area is 65.4 Å². The molecule has 11 heavy (non-hydrogen) atoms. The second kappa shape index (κ2) is 3.39. The van der Waals surface area contributed by atoms with Crippen molar-refractivity contribution in [2.45, 2.75) is 13.5 Å². The molecule has 0 saturated heterocycles. The van der Waals surface area contributed by atoms with E-state index in [1.165, 1.54) is 0 Å². The zero-order valence-corrected chi connectivity index (χ0v) is 6.74. The molecule has 1 heterocycles. The van der Waals surface area contributed by atoms with Crippen LogP contribution in [0.5, 0.6) is 5.88 Å². The van der Waals surface area contributed by atoms with Crippen LogP contribution in [-0.4, -0.2) is 21.3 Å². The minimum absolute atomic E-state index is 0.0437. The van der Waals surface area contributed by atoms with Gasteiger partial charge in [0.2, 0.25) is 5.88 Å². The first-order valence-corrected chi connectivity index (χ1v) is 3.53. The number of imidazole rings is 1. The van der Waals surface area contributed by atoms with Gasteiger partial charge in [0.1, 0.15) is 12.4 Å². The average Bonchev–Trinajstić information content (AvgIpc) is 2.26. The molecule has 0 aromatic carbocycles. The van der Waals surface area contributed by atoms with Gasteiger partial charge in [0.25, 0.3) is 0 Å². The average molecular weight is 156 g/mol. The van der Waals surface area contributed by atoms with Crippen LogP contribution in [0.4, 0.5) is 0 Å². The first kappa shape index (κ1) is 8.07. The Morgan fingerprint density at radius 1 is 1.73 bits per heavy atom. The number of nitrogens with zero attached hydrogens (tertiary/aromatic N) is 2. The van der Waals surface area contributed by atoms with Crippen molar-refractivity contribution in [2.24, 2.45) is 7.05 Å². The molecule has 0 amide bonds. The van der Waals surface area contributed by atoms with E-state index in [4.69, 9.17) is 9.84 Å². The second-order valence-electron chi connectivity index (χ2n) is 2.26. The Morgan fingerprint density at radius 2 is 2.45 bits per heavy atom. The minimum atomic E-state index is 0.0437. The maximum atomic E-state index is 8.95. The van der Waals surface area contributed by atoms with Crippen LogP contribution in [0.2, 0.25) is 0 Å². The number of aryl methyl sites for hydroxylation is 1.